The van der Waals surface area contributed by atoms with Crippen LogP contribution >= 0.6 is 15.9 Å². The van der Waals surface area contributed by atoms with Gasteiger partial charge in [-0.1, -0.05) is 19.9 Å². The van der Waals surface area contributed by atoms with Gasteiger partial charge in [0, 0.05) is 13.2 Å². The summed E-state index contributed by atoms with van der Waals surface area (Å²) in [4.78, 5) is 0. The Kier molecular flexibility index (Phi) is 6.43. The lowest BCUT2D eigenvalue weighted by Gasteiger charge is -2.38. The minimum absolute atomic E-state index is 0.185. The standard InChI is InChI=1S/C15H23BrFNO/c1-5-15(6-2,19-4)14(18-3)10-11-7-8-13(17)12(16)9-11/h7-9,14,18H,5-6,10H2,1-4H3. The summed E-state index contributed by atoms with van der Waals surface area (Å²) in [6.07, 6.45) is 2.69. The molecule has 0 bridgehead atoms. The molecule has 1 N–H and O–H groups in total. The number of methoxy groups -OCH3 is 1. The van der Waals surface area contributed by atoms with Crippen molar-refractivity contribution in [1.29, 1.82) is 0 Å². The van der Waals surface area contributed by atoms with Gasteiger partial charge in [0.1, 0.15) is 5.82 Å². The molecule has 0 saturated heterocycles. The fourth-order valence-corrected chi connectivity index (χ4v) is 3.05. The summed E-state index contributed by atoms with van der Waals surface area (Å²) < 4.78 is 19.5. The number of nitrogens with one attached hydrogen (secondary N) is 1. The van der Waals surface area contributed by atoms with Crippen molar-refractivity contribution < 1.29 is 9.13 Å². The summed E-state index contributed by atoms with van der Waals surface area (Å²) in [6.45, 7) is 4.27. The third-order valence-electron chi connectivity index (χ3n) is 4.01. The first-order chi connectivity index (χ1) is 9.02. The molecule has 2 nitrogen and oxygen atoms in total. The lowest BCUT2D eigenvalue weighted by atomic mass is 9.84. The Morgan fingerprint density at radius 3 is 2.42 bits per heavy atom. The van der Waals surface area contributed by atoms with Crippen LogP contribution in [0.25, 0.3) is 0 Å². The summed E-state index contributed by atoms with van der Waals surface area (Å²) in [6, 6.07) is 5.37. The molecule has 108 valence electrons. The average molecular weight is 332 g/mol. The van der Waals surface area contributed by atoms with Crippen LogP contribution in [-0.4, -0.2) is 25.8 Å². The van der Waals surface area contributed by atoms with Crippen molar-refractivity contribution in [3.05, 3.63) is 34.1 Å². The van der Waals surface area contributed by atoms with E-state index in [1.807, 2.05) is 19.2 Å². The number of benzene rings is 1. The second-order valence-corrected chi connectivity index (χ2v) is 5.62. The largest absolute Gasteiger partial charge is 0.377 e. The monoisotopic (exact) mass is 331 g/mol. The van der Waals surface area contributed by atoms with Crippen molar-refractivity contribution in [2.24, 2.45) is 0 Å². The molecule has 0 amide bonds. The summed E-state index contributed by atoms with van der Waals surface area (Å²) in [5.74, 6) is -0.228. The molecular weight excluding hydrogens is 309 g/mol. The maximum absolute atomic E-state index is 13.3. The highest BCUT2D eigenvalue weighted by molar-refractivity contribution is 9.10. The fraction of sp³-hybridized carbons (Fsp3) is 0.600. The molecule has 1 atom stereocenters. The van der Waals surface area contributed by atoms with Gasteiger partial charge in [0.25, 0.3) is 0 Å². The Balaban J connectivity index is 2.95. The van der Waals surface area contributed by atoms with Crippen LogP contribution in [0, 0.1) is 5.82 Å². The van der Waals surface area contributed by atoms with E-state index < -0.39 is 0 Å². The van der Waals surface area contributed by atoms with Gasteiger partial charge >= 0.3 is 0 Å². The van der Waals surface area contributed by atoms with Crippen LogP contribution in [0.15, 0.2) is 22.7 Å². The molecule has 4 heteroatoms. The molecule has 0 heterocycles. The Morgan fingerprint density at radius 2 is 2.00 bits per heavy atom. The van der Waals surface area contributed by atoms with Gasteiger partial charge in [-0.15, -0.1) is 0 Å². The number of rotatable bonds is 7. The molecule has 1 aromatic rings. The molecule has 1 unspecified atom stereocenters. The fourth-order valence-electron chi connectivity index (χ4n) is 2.63. The van der Waals surface area contributed by atoms with E-state index in [9.17, 15) is 4.39 Å². The SMILES string of the molecule is CCC(CC)(OC)C(Cc1ccc(F)c(Br)c1)NC. The van der Waals surface area contributed by atoms with Crippen molar-refractivity contribution in [3.63, 3.8) is 0 Å². The van der Waals surface area contributed by atoms with Gasteiger partial charge in [-0.3, -0.25) is 0 Å². The Morgan fingerprint density at radius 1 is 1.37 bits per heavy atom. The second kappa shape index (κ2) is 7.36. The highest BCUT2D eigenvalue weighted by atomic mass is 79.9. The minimum atomic E-state index is -0.228. The topological polar surface area (TPSA) is 21.3 Å². The zero-order valence-electron chi connectivity index (χ0n) is 12.1. The molecule has 0 aliphatic carbocycles. The van der Waals surface area contributed by atoms with Crippen LogP contribution in [0.2, 0.25) is 0 Å². The first-order valence-corrected chi connectivity index (χ1v) is 7.48. The highest BCUT2D eigenvalue weighted by Crippen LogP contribution is 2.27. The third kappa shape index (κ3) is 3.77. The summed E-state index contributed by atoms with van der Waals surface area (Å²) in [5.41, 5.74) is 0.909. The van der Waals surface area contributed by atoms with Gasteiger partial charge < -0.3 is 10.1 Å². The van der Waals surface area contributed by atoms with Crippen molar-refractivity contribution in [3.8, 4) is 0 Å². The van der Waals surface area contributed by atoms with Crippen LogP contribution < -0.4 is 5.32 Å². The molecule has 0 fully saturated rings. The number of hydrogen-bond donors (Lipinski definition) is 1. The third-order valence-corrected chi connectivity index (χ3v) is 4.62. The predicted molar refractivity (Wildman–Crippen MR) is 81.0 cm³/mol. The Hall–Kier alpha value is -0.450. The lowest BCUT2D eigenvalue weighted by Crippen LogP contribution is -2.51. The maximum Gasteiger partial charge on any atom is 0.137 e. The number of ether oxygens (including phenoxy) is 1. The molecule has 19 heavy (non-hydrogen) atoms. The summed E-state index contributed by atoms with van der Waals surface area (Å²) >= 11 is 3.23. The van der Waals surface area contributed by atoms with E-state index in [2.05, 4.69) is 35.1 Å². The van der Waals surface area contributed by atoms with E-state index in [-0.39, 0.29) is 17.5 Å². The van der Waals surface area contributed by atoms with Gasteiger partial charge in [-0.05, 0) is 59.9 Å². The number of halogens is 2. The first kappa shape index (κ1) is 16.6. The quantitative estimate of drug-likeness (QED) is 0.817. The van der Waals surface area contributed by atoms with Crippen LogP contribution in [0.5, 0.6) is 0 Å². The Labute approximate surface area is 123 Å². The first-order valence-electron chi connectivity index (χ1n) is 6.69. The van der Waals surface area contributed by atoms with Crippen LogP contribution in [-0.2, 0) is 11.2 Å². The van der Waals surface area contributed by atoms with E-state index in [1.165, 1.54) is 6.07 Å². The van der Waals surface area contributed by atoms with E-state index >= 15 is 0 Å². The summed E-state index contributed by atoms with van der Waals surface area (Å²) in [5, 5.41) is 3.34. The molecule has 0 aliphatic heterocycles. The van der Waals surface area contributed by atoms with Gasteiger partial charge in [0.05, 0.1) is 10.1 Å². The second-order valence-electron chi connectivity index (χ2n) is 4.77. The molecule has 0 radical (unpaired) electrons. The van der Waals surface area contributed by atoms with E-state index in [4.69, 9.17) is 4.74 Å². The van der Waals surface area contributed by atoms with E-state index in [1.54, 1.807) is 7.11 Å². The molecule has 0 saturated carbocycles. The molecule has 0 spiro atoms. The number of likely N-dealkylation sites (N-methyl/N-ethyl adjacent to an activating group) is 1. The molecule has 0 aromatic heterocycles. The molecule has 0 aliphatic rings. The van der Waals surface area contributed by atoms with Crippen molar-refractivity contribution in [2.75, 3.05) is 14.2 Å². The minimum Gasteiger partial charge on any atom is -0.377 e. The zero-order valence-corrected chi connectivity index (χ0v) is 13.7. The van der Waals surface area contributed by atoms with Crippen LogP contribution in [0.1, 0.15) is 32.3 Å². The van der Waals surface area contributed by atoms with Crippen LogP contribution in [0.3, 0.4) is 0 Å². The van der Waals surface area contributed by atoms with E-state index in [0.717, 1.165) is 24.8 Å². The van der Waals surface area contributed by atoms with Gasteiger partial charge in [0.2, 0.25) is 0 Å². The summed E-state index contributed by atoms with van der Waals surface area (Å²) in [7, 11) is 3.71. The van der Waals surface area contributed by atoms with Crippen molar-refractivity contribution in [2.45, 2.75) is 44.8 Å². The van der Waals surface area contributed by atoms with E-state index in [0.29, 0.717) is 4.47 Å². The molecular formula is C15H23BrFNO. The number of hydrogen-bond acceptors (Lipinski definition) is 2. The molecule has 1 aromatic carbocycles. The van der Waals surface area contributed by atoms with Gasteiger partial charge in [-0.2, -0.15) is 0 Å². The predicted octanol–water partition coefficient (Wildman–Crippen LogP) is 3.92. The smallest absolute Gasteiger partial charge is 0.137 e. The normalized spacial score (nSPS) is 13.6. The Bertz CT molecular complexity index is 399. The zero-order chi connectivity index (χ0) is 14.5. The van der Waals surface area contributed by atoms with Gasteiger partial charge in [0.15, 0.2) is 0 Å². The van der Waals surface area contributed by atoms with Gasteiger partial charge in [-0.25, -0.2) is 4.39 Å². The molecule has 1 rings (SSSR count). The van der Waals surface area contributed by atoms with Crippen molar-refractivity contribution >= 4 is 15.9 Å². The average Bonchev–Trinajstić information content (AvgIpc) is 2.43. The van der Waals surface area contributed by atoms with Crippen LogP contribution in [0.4, 0.5) is 4.39 Å². The lowest BCUT2D eigenvalue weighted by molar-refractivity contribution is -0.0454. The maximum atomic E-state index is 13.3. The van der Waals surface area contributed by atoms with Crippen molar-refractivity contribution in [1.82, 2.24) is 5.32 Å². The highest BCUT2D eigenvalue weighted by Gasteiger charge is 2.34.